The first-order valence-corrected chi connectivity index (χ1v) is 15.6. The highest BCUT2D eigenvalue weighted by Crippen LogP contribution is 2.49. The first-order chi connectivity index (χ1) is 20.2. The molecular formula is C26H30F3N4O8PS. The molecule has 6 atom stereocenters. The number of carbonyl (C=O) groups excluding carboxylic acids is 1. The van der Waals surface area contributed by atoms with Crippen LogP contribution in [0.3, 0.4) is 0 Å². The number of alkyl halides is 2. The van der Waals surface area contributed by atoms with E-state index in [0.29, 0.717) is 10.8 Å². The molecule has 43 heavy (non-hydrogen) atoms. The smallest absolute Gasteiger partial charge is 0.351 e. The number of nitrogens with one attached hydrogen (secondary N) is 1. The Labute approximate surface area is 248 Å². The van der Waals surface area contributed by atoms with Crippen molar-refractivity contribution in [3.63, 3.8) is 0 Å². The fourth-order valence-electron chi connectivity index (χ4n) is 4.30. The molecule has 4 rings (SSSR count). The second-order valence-corrected chi connectivity index (χ2v) is 13.2. The van der Waals surface area contributed by atoms with Crippen LogP contribution in [0.2, 0.25) is 0 Å². The molecule has 0 saturated carbocycles. The predicted octanol–water partition coefficient (Wildman–Crippen LogP) is 2.62. The molecule has 1 aliphatic heterocycles. The Morgan fingerprint density at radius 3 is 2.56 bits per heavy atom. The largest absolute Gasteiger partial charge is 0.462 e. The second-order valence-electron chi connectivity index (χ2n) is 10.1. The number of aliphatic hydroxyl groups excluding tert-OH is 2. The summed E-state index contributed by atoms with van der Waals surface area (Å²) in [5.74, 6) is -2.52. The summed E-state index contributed by atoms with van der Waals surface area (Å²) in [7, 11) is 0. The minimum absolute atomic E-state index is 0.172. The molecule has 6 unspecified atom stereocenters. The molecule has 0 spiro atoms. The van der Waals surface area contributed by atoms with Crippen molar-refractivity contribution in [3.05, 3.63) is 65.0 Å². The van der Waals surface area contributed by atoms with Gasteiger partial charge in [-0.05, 0) is 55.5 Å². The molecule has 234 valence electrons. The van der Waals surface area contributed by atoms with Crippen molar-refractivity contribution in [1.29, 1.82) is 0 Å². The molecule has 0 aliphatic carbocycles. The van der Waals surface area contributed by atoms with Gasteiger partial charge in [-0.3, -0.25) is 9.36 Å². The highest BCUT2D eigenvalue weighted by Gasteiger charge is 2.61. The number of rotatable bonds is 11. The molecule has 0 bridgehead atoms. The minimum Gasteiger partial charge on any atom is -0.462 e. The van der Waals surface area contributed by atoms with Gasteiger partial charge in [-0.25, -0.2) is 23.1 Å². The van der Waals surface area contributed by atoms with E-state index in [1.54, 1.807) is 44.2 Å². The Hall–Kier alpha value is -3.11. The maximum absolute atomic E-state index is 14.6. The van der Waals surface area contributed by atoms with Crippen LogP contribution in [0.4, 0.5) is 19.0 Å². The summed E-state index contributed by atoms with van der Waals surface area (Å²) >= 11 is 5.60. The number of hydrogen-bond donors (Lipinski definition) is 4. The molecule has 2 heterocycles. The fraction of sp³-hybridized carbons (Fsp3) is 0.423. The number of anilines is 1. The summed E-state index contributed by atoms with van der Waals surface area (Å²) in [4.78, 5) is 28.1. The molecule has 2 aromatic carbocycles. The maximum atomic E-state index is 14.6. The van der Waals surface area contributed by atoms with Gasteiger partial charge in [0, 0.05) is 0 Å². The quantitative estimate of drug-likeness (QED) is 0.178. The Balaban J connectivity index is 1.66. The van der Waals surface area contributed by atoms with Crippen LogP contribution in [0.25, 0.3) is 10.8 Å². The normalized spacial score (nSPS) is 24.3. The van der Waals surface area contributed by atoms with Crippen molar-refractivity contribution in [2.45, 2.75) is 63.4 Å². The average molecular weight is 647 g/mol. The van der Waals surface area contributed by atoms with Crippen LogP contribution in [-0.2, 0) is 30.6 Å². The number of nitrogens with zero attached hydrogens (tertiary/aromatic N) is 2. The first-order valence-electron chi connectivity index (χ1n) is 12.9. The van der Waals surface area contributed by atoms with Crippen LogP contribution in [0.5, 0.6) is 5.75 Å². The van der Waals surface area contributed by atoms with E-state index < -0.39 is 79.2 Å². The molecule has 1 fully saturated rings. The highest BCUT2D eigenvalue weighted by atomic mass is 32.5. The van der Waals surface area contributed by atoms with Gasteiger partial charge in [0.1, 0.15) is 24.0 Å². The monoisotopic (exact) mass is 646 g/mol. The van der Waals surface area contributed by atoms with E-state index in [1.165, 1.54) is 6.92 Å². The number of aliphatic hydroxyl groups is 2. The standard InChI is InChI=1S/C26H30F3N4O8PS/c1-13(2)39-23(36)14(3)32-42(43,41-17-9-8-15-6-4-5-7-16(15)10-17)38-12-26(24(28)29)20(35)19(34)22(40-26)33-11-18(27)21(30)31-25(33)37/h4-11,13-14,19-20,22,24,34-35H,12H2,1-3H3,(H,32,43)(H2,30,31,37). The number of hydrogen-bond acceptors (Lipinski definition) is 11. The van der Waals surface area contributed by atoms with Crippen LogP contribution in [-0.4, -0.2) is 68.7 Å². The fourth-order valence-corrected chi connectivity index (χ4v) is 6.71. The lowest BCUT2D eigenvalue weighted by atomic mass is 9.96. The Bertz CT molecular complexity index is 1600. The van der Waals surface area contributed by atoms with Gasteiger partial charge in [0.2, 0.25) is 0 Å². The van der Waals surface area contributed by atoms with E-state index in [-0.39, 0.29) is 5.75 Å². The zero-order valence-corrected chi connectivity index (χ0v) is 24.8. The van der Waals surface area contributed by atoms with Crippen LogP contribution >= 0.6 is 6.64 Å². The van der Waals surface area contributed by atoms with Crippen LogP contribution in [0.1, 0.15) is 27.0 Å². The van der Waals surface area contributed by atoms with Crippen molar-refractivity contribution in [3.8, 4) is 5.75 Å². The Morgan fingerprint density at radius 1 is 1.23 bits per heavy atom. The zero-order valence-electron chi connectivity index (χ0n) is 23.1. The molecule has 0 radical (unpaired) electrons. The van der Waals surface area contributed by atoms with E-state index in [9.17, 15) is 33.0 Å². The van der Waals surface area contributed by atoms with Crippen molar-refractivity contribution in [2.24, 2.45) is 0 Å². The van der Waals surface area contributed by atoms with Crippen molar-refractivity contribution >= 4 is 41.0 Å². The van der Waals surface area contributed by atoms with Crippen molar-refractivity contribution in [1.82, 2.24) is 14.6 Å². The lowest BCUT2D eigenvalue weighted by molar-refractivity contribution is -0.192. The zero-order chi connectivity index (χ0) is 31.7. The van der Waals surface area contributed by atoms with Gasteiger partial charge in [-0.2, -0.15) is 4.98 Å². The van der Waals surface area contributed by atoms with Crippen LogP contribution in [0.15, 0.2) is 53.5 Å². The number of ether oxygens (including phenoxy) is 2. The molecule has 1 aromatic heterocycles. The van der Waals surface area contributed by atoms with Crippen LogP contribution in [0, 0.1) is 5.82 Å². The minimum atomic E-state index is -3.95. The molecule has 1 saturated heterocycles. The molecular weight excluding hydrogens is 616 g/mol. The SMILES string of the molecule is CC(C)OC(=O)C(C)NP(=S)(OCC1(C(F)F)OC(n2cc(F)c(N)nc2=O)C(O)C1O)Oc1ccc2ccccc2c1. The maximum Gasteiger partial charge on any atom is 0.351 e. The van der Waals surface area contributed by atoms with Crippen molar-refractivity contribution < 1.29 is 46.7 Å². The van der Waals surface area contributed by atoms with Gasteiger partial charge in [0.05, 0.1) is 18.9 Å². The van der Waals surface area contributed by atoms with E-state index in [1.807, 2.05) is 12.1 Å². The first kappa shape index (κ1) is 32.8. The van der Waals surface area contributed by atoms with Gasteiger partial charge >= 0.3 is 18.3 Å². The lowest BCUT2D eigenvalue weighted by Crippen LogP contribution is -2.53. The number of esters is 1. The van der Waals surface area contributed by atoms with Crippen LogP contribution < -0.4 is 21.0 Å². The Morgan fingerprint density at radius 2 is 1.91 bits per heavy atom. The van der Waals surface area contributed by atoms with Gasteiger partial charge < -0.3 is 34.5 Å². The summed E-state index contributed by atoms with van der Waals surface area (Å²) in [6.45, 7) is -0.485. The third-order valence-electron chi connectivity index (χ3n) is 6.50. The topological polar surface area (TPSA) is 167 Å². The Kier molecular flexibility index (Phi) is 9.81. The predicted molar refractivity (Wildman–Crippen MR) is 152 cm³/mol. The second kappa shape index (κ2) is 12.9. The lowest BCUT2D eigenvalue weighted by Gasteiger charge is -2.34. The number of aromatic nitrogens is 2. The van der Waals surface area contributed by atoms with Gasteiger partial charge in [-0.1, -0.05) is 30.3 Å². The third-order valence-corrected chi connectivity index (χ3v) is 8.98. The summed E-state index contributed by atoms with van der Waals surface area (Å²) in [5.41, 5.74) is 1.06. The molecule has 0 amide bonds. The summed E-state index contributed by atoms with van der Waals surface area (Å²) in [6.07, 6.45) is -10.0. The van der Waals surface area contributed by atoms with Crippen molar-refractivity contribution in [2.75, 3.05) is 12.3 Å². The number of benzene rings is 2. The number of carbonyl (C=O) groups is 1. The molecule has 12 nitrogen and oxygen atoms in total. The number of nitrogen functional groups attached to an aromatic ring is 1. The summed E-state index contributed by atoms with van der Waals surface area (Å²) < 4.78 is 65.9. The van der Waals surface area contributed by atoms with E-state index >= 15 is 0 Å². The highest BCUT2D eigenvalue weighted by molar-refractivity contribution is 8.09. The number of fused-ring (bicyclic) bond motifs is 1. The molecule has 3 aromatic rings. The average Bonchev–Trinajstić information content (AvgIpc) is 3.19. The molecule has 1 aliphatic rings. The molecule has 17 heteroatoms. The number of halogens is 3. The van der Waals surface area contributed by atoms with E-state index in [0.717, 1.165) is 10.8 Å². The van der Waals surface area contributed by atoms with Gasteiger partial charge in [0.25, 0.3) is 6.43 Å². The summed E-state index contributed by atoms with van der Waals surface area (Å²) in [5, 5.41) is 25.7. The van der Waals surface area contributed by atoms with E-state index in [4.69, 9.17) is 36.1 Å². The third kappa shape index (κ3) is 7.01. The molecule has 5 N–H and O–H groups in total. The van der Waals surface area contributed by atoms with Gasteiger partial charge in [-0.15, -0.1) is 0 Å². The van der Waals surface area contributed by atoms with Gasteiger partial charge in [0.15, 0.2) is 23.5 Å². The number of nitrogens with two attached hydrogens (primary N) is 1. The summed E-state index contributed by atoms with van der Waals surface area (Å²) in [6, 6.07) is 11.1. The van der Waals surface area contributed by atoms with E-state index in [2.05, 4.69) is 10.1 Å².